The largest absolute Gasteiger partial charge is 0.325 e. The summed E-state index contributed by atoms with van der Waals surface area (Å²) in [6, 6.07) is 5.71. The lowest BCUT2D eigenvalue weighted by molar-refractivity contribution is 0.603. The van der Waals surface area contributed by atoms with Gasteiger partial charge in [0.1, 0.15) is 4.34 Å². The van der Waals surface area contributed by atoms with E-state index in [9.17, 15) is 4.57 Å². The summed E-state index contributed by atoms with van der Waals surface area (Å²) in [6.07, 6.45) is 0. The standard InChI is InChI=1S/C7H6NOPS2/c9-10-4-2-1-3-5-6(4)8-7(11)12-5/h1-3H,10H2,(H,8,11). The highest BCUT2D eigenvalue weighted by Gasteiger charge is 2.03. The number of aromatic nitrogens is 1. The normalized spacial score (nSPS) is 11.8. The monoisotopic (exact) mass is 215 g/mol. The highest BCUT2D eigenvalue weighted by molar-refractivity contribution is 7.83. The van der Waals surface area contributed by atoms with Gasteiger partial charge in [0.15, 0.2) is 0 Å². The van der Waals surface area contributed by atoms with Crippen LogP contribution in [-0.2, 0) is 4.57 Å². The molecule has 1 heterocycles. The Morgan fingerprint density at radius 2 is 2.33 bits per heavy atom. The molecular formula is C7H6NOPS2. The predicted molar refractivity (Wildman–Crippen MR) is 56.9 cm³/mol. The van der Waals surface area contributed by atoms with Crippen LogP contribution in [0.15, 0.2) is 22.5 Å². The second kappa shape index (κ2) is 3.21. The summed E-state index contributed by atoms with van der Waals surface area (Å²) in [5, 5.41) is 0.837. The van der Waals surface area contributed by atoms with Gasteiger partial charge in [-0.25, -0.2) is 4.98 Å². The van der Waals surface area contributed by atoms with Crippen molar-refractivity contribution in [2.24, 2.45) is 0 Å². The van der Waals surface area contributed by atoms with E-state index in [1.54, 1.807) is 0 Å². The minimum atomic E-state index is -0.900. The Bertz CT molecular complexity index is 440. The Morgan fingerprint density at radius 1 is 1.50 bits per heavy atom. The van der Waals surface area contributed by atoms with Gasteiger partial charge in [-0.05, 0) is 12.1 Å². The van der Waals surface area contributed by atoms with Crippen LogP contribution >= 0.6 is 32.4 Å². The van der Waals surface area contributed by atoms with Crippen LogP contribution in [-0.4, -0.2) is 4.98 Å². The van der Waals surface area contributed by atoms with E-state index >= 15 is 0 Å². The SMILES string of the molecule is O=[PH2]c1cccc2sc(S)nc12. The topological polar surface area (TPSA) is 30.0 Å². The van der Waals surface area contributed by atoms with Crippen molar-refractivity contribution >= 4 is 47.9 Å². The number of fused-ring (bicyclic) bond motifs is 1. The van der Waals surface area contributed by atoms with Gasteiger partial charge >= 0.3 is 0 Å². The van der Waals surface area contributed by atoms with Crippen LogP contribution in [0.3, 0.4) is 0 Å². The van der Waals surface area contributed by atoms with Gasteiger partial charge in [0, 0.05) is 5.30 Å². The zero-order valence-electron chi connectivity index (χ0n) is 6.02. The van der Waals surface area contributed by atoms with E-state index in [4.69, 9.17) is 0 Å². The fourth-order valence-corrected chi connectivity index (χ4v) is 2.81. The molecule has 0 aliphatic heterocycles. The summed E-state index contributed by atoms with van der Waals surface area (Å²) in [6.45, 7) is 0. The van der Waals surface area contributed by atoms with E-state index in [1.807, 2.05) is 18.2 Å². The van der Waals surface area contributed by atoms with E-state index < -0.39 is 8.46 Å². The third-order valence-electron chi connectivity index (χ3n) is 1.57. The lowest BCUT2D eigenvalue weighted by Crippen LogP contribution is -1.91. The molecule has 1 aromatic heterocycles. The first-order chi connectivity index (χ1) is 5.81. The number of benzene rings is 1. The molecule has 0 amide bonds. The molecule has 0 radical (unpaired) electrons. The first-order valence-electron chi connectivity index (χ1n) is 3.35. The molecule has 1 atom stereocenters. The van der Waals surface area contributed by atoms with Gasteiger partial charge in [-0.1, -0.05) is 6.07 Å². The van der Waals surface area contributed by atoms with Crippen LogP contribution in [0, 0.1) is 0 Å². The van der Waals surface area contributed by atoms with E-state index in [0.29, 0.717) is 0 Å². The van der Waals surface area contributed by atoms with Crippen molar-refractivity contribution in [1.29, 1.82) is 0 Å². The van der Waals surface area contributed by atoms with Crippen LogP contribution < -0.4 is 5.30 Å². The van der Waals surface area contributed by atoms with Crippen molar-refractivity contribution in [3.8, 4) is 0 Å². The average molecular weight is 215 g/mol. The van der Waals surface area contributed by atoms with Gasteiger partial charge in [0.2, 0.25) is 0 Å². The molecule has 2 aromatic rings. The fraction of sp³-hybridized carbons (Fsp3) is 0. The van der Waals surface area contributed by atoms with Crippen molar-refractivity contribution in [2.75, 3.05) is 0 Å². The van der Waals surface area contributed by atoms with Crippen LogP contribution in [0.2, 0.25) is 0 Å². The van der Waals surface area contributed by atoms with Gasteiger partial charge in [0.05, 0.1) is 18.7 Å². The van der Waals surface area contributed by atoms with Crippen LogP contribution in [0.5, 0.6) is 0 Å². The first-order valence-corrected chi connectivity index (χ1v) is 5.66. The van der Waals surface area contributed by atoms with E-state index in [0.717, 1.165) is 19.9 Å². The molecule has 1 aromatic carbocycles. The van der Waals surface area contributed by atoms with Crippen molar-refractivity contribution in [3.63, 3.8) is 0 Å². The number of rotatable bonds is 1. The number of thiol groups is 1. The number of nitrogens with zero attached hydrogens (tertiary/aromatic N) is 1. The maximum atomic E-state index is 10.8. The van der Waals surface area contributed by atoms with E-state index in [-0.39, 0.29) is 0 Å². The Labute approximate surface area is 80.2 Å². The predicted octanol–water partition coefficient (Wildman–Crippen LogP) is 1.97. The number of hydrogen-bond acceptors (Lipinski definition) is 4. The van der Waals surface area contributed by atoms with Crippen molar-refractivity contribution in [1.82, 2.24) is 4.98 Å². The molecule has 0 spiro atoms. The third-order valence-corrected chi connectivity index (χ3v) is 3.48. The van der Waals surface area contributed by atoms with Gasteiger partial charge in [-0.2, -0.15) is 0 Å². The van der Waals surface area contributed by atoms with Crippen molar-refractivity contribution < 1.29 is 4.57 Å². The summed E-state index contributed by atoms with van der Waals surface area (Å²) in [5.41, 5.74) is 0.845. The Morgan fingerprint density at radius 3 is 3.08 bits per heavy atom. The maximum absolute atomic E-state index is 10.8. The molecule has 2 nitrogen and oxygen atoms in total. The molecule has 2 rings (SSSR count). The zero-order valence-corrected chi connectivity index (χ0v) is 8.89. The van der Waals surface area contributed by atoms with Gasteiger partial charge in [-0.3, -0.25) is 0 Å². The second-order valence-electron chi connectivity index (χ2n) is 2.31. The maximum Gasteiger partial charge on any atom is 0.148 e. The smallest absolute Gasteiger partial charge is 0.148 e. The minimum Gasteiger partial charge on any atom is -0.325 e. The zero-order chi connectivity index (χ0) is 8.55. The number of thiazole rings is 1. The second-order valence-corrected chi connectivity index (χ2v) is 4.92. The summed E-state index contributed by atoms with van der Waals surface area (Å²) in [4.78, 5) is 4.19. The molecule has 0 fully saturated rings. The molecule has 0 bridgehead atoms. The summed E-state index contributed by atoms with van der Waals surface area (Å²) in [5.74, 6) is 0. The third kappa shape index (κ3) is 1.30. The number of para-hydroxylation sites is 1. The minimum absolute atomic E-state index is 0.727. The van der Waals surface area contributed by atoms with Crippen molar-refractivity contribution in [3.05, 3.63) is 18.2 Å². The summed E-state index contributed by atoms with van der Waals surface area (Å²) < 4.78 is 12.6. The highest BCUT2D eigenvalue weighted by Crippen LogP contribution is 2.24. The van der Waals surface area contributed by atoms with Crippen LogP contribution in [0.25, 0.3) is 10.2 Å². The number of hydrogen-bond donors (Lipinski definition) is 1. The molecule has 1 unspecified atom stereocenters. The molecule has 0 N–H and O–H groups in total. The molecule has 0 aliphatic rings. The highest BCUT2D eigenvalue weighted by atomic mass is 32.2. The van der Waals surface area contributed by atoms with E-state index in [2.05, 4.69) is 17.6 Å². The lowest BCUT2D eigenvalue weighted by Gasteiger charge is -1.89. The molecule has 0 aliphatic carbocycles. The molecule has 0 saturated carbocycles. The summed E-state index contributed by atoms with van der Waals surface area (Å²) in [7, 11) is -0.900. The fourth-order valence-electron chi connectivity index (χ4n) is 1.05. The average Bonchev–Trinajstić information content (AvgIpc) is 2.44. The summed E-state index contributed by atoms with van der Waals surface area (Å²) >= 11 is 5.65. The lowest BCUT2D eigenvalue weighted by atomic mass is 10.3. The Hall–Kier alpha value is -0.310. The molecule has 0 saturated heterocycles. The van der Waals surface area contributed by atoms with Gasteiger partial charge in [-0.15, -0.1) is 24.0 Å². The van der Waals surface area contributed by atoms with Gasteiger partial charge < -0.3 is 4.57 Å². The van der Waals surface area contributed by atoms with Crippen LogP contribution in [0.4, 0.5) is 0 Å². The quantitative estimate of drug-likeness (QED) is 0.582. The molecule has 12 heavy (non-hydrogen) atoms. The van der Waals surface area contributed by atoms with Crippen LogP contribution in [0.1, 0.15) is 0 Å². The molecule has 5 heteroatoms. The molecular weight excluding hydrogens is 209 g/mol. The first kappa shape index (κ1) is 8.30. The van der Waals surface area contributed by atoms with Crippen molar-refractivity contribution in [2.45, 2.75) is 4.34 Å². The molecule has 62 valence electrons. The Kier molecular flexibility index (Phi) is 2.22. The van der Waals surface area contributed by atoms with Gasteiger partial charge in [0.25, 0.3) is 0 Å². The van der Waals surface area contributed by atoms with E-state index in [1.165, 1.54) is 11.3 Å². The Balaban J connectivity index is 2.86.